The maximum Gasteiger partial charge on any atom is 0.0691 e. The van der Waals surface area contributed by atoms with E-state index in [9.17, 15) is 0 Å². The molecule has 0 aromatic heterocycles. The van der Waals surface area contributed by atoms with Gasteiger partial charge in [-0.1, -0.05) is 18.3 Å². The maximum absolute atomic E-state index is 3.64. The Kier molecular flexibility index (Phi) is 0.881. The molecule has 2 heteroatoms. The average molecular weight is 99.2 g/mol. The first-order valence-corrected chi connectivity index (χ1v) is 2.55. The van der Waals surface area contributed by atoms with Crippen molar-refractivity contribution in [2.24, 2.45) is 0 Å². The highest BCUT2D eigenvalue weighted by atomic mass is 32.2. The summed E-state index contributed by atoms with van der Waals surface area (Å²) in [6.45, 7) is 3.64. The van der Waals surface area contributed by atoms with Crippen LogP contribution in [0.15, 0.2) is 23.2 Å². The van der Waals surface area contributed by atoms with Crippen molar-refractivity contribution in [2.45, 2.75) is 0 Å². The Morgan fingerprint density at radius 1 is 1.83 bits per heavy atom. The molecule has 1 N–H and O–H groups in total. The van der Waals surface area contributed by atoms with Gasteiger partial charge in [0.25, 0.3) is 0 Å². The summed E-state index contributed by atoms with van der Waals surface area (Å²) in [4.78, 5) is 0. The highest BCUT2D eigenvalue weighted by Crippen LogP contribution is 2.15. The highest BCUT2D eigenvalue weighted by Gasteiger charge is 1.90. The molecule has 0 spiro atoms. The fourth-order valence-electron chi connectivity index (χ4n) is 0.277. The summed E-state index contributed by atoms with van der Waals surface area (Å²) in [7, 11) is 0. The highest BCUT2D eigenvalue weighted by molar-refractivity contribution is 8.06. The molecule has 1 aliphatic heterocycles. The van der Waals surface area contributed by atoms with Crippen LogP contribution >= 0.6 is 11.8 Å². The Labute approximate surface area is 41.1 Å². The van der Waals surface area contributed by atoms with E-state index in [4.69, 9.17) is 0 Å². The van der Waals surface area contributed by atoms with Crippen LogP contribution in [-0.4, -0.2) is 0 Å². The first kappa shape index (κ1) is 3.81. The molecule has 0 bridgehead atoms. The van der Waals surface area contributed by atoms with Gasteiger partial charge in [-0.15, -0.1) is 0 Å². The standard InChI is InChI=1S/C4H5NS/c1-4-5-2-3-6-4/h2-3,5H,1H2. The summed E-state index contributed by atoms with van der Waals surface area (Å²) in [5, 5.41) is 5.88. The zero-order valence-corrected chi connectivity index (χ0v) is 4.09. The van der Waals surface area contributed by atoms with Gasteiger partial charge in [0.05, 0.1) is 5.03 Å². The number of rotatable bonds is 0. The van der Waals surface area contributed by atoms with Gasteiger partial charge in [0.2, 0.25) is 0 Å². The van der Waals surface area contributed by atoms with Gasteiger partial charge < -0.3 is 5.32 Å². The van der Waals surface area contributed by atoms with Crippen LogP contribution in [0.2, 0.25) is 0 Å². The minimum Gasteiger partial charge on any atom is -0.356 e. The summed E-state index contributed by atoms with van der Waals surface area (Å²) in [5.74, 6) is 0. The Hall–Kier alpha value is -0.370. The van der Waals surface area contributed by atoms with E-state index >= 15 is 0 Å². The fourth-order valence-corrected chi connectivity index (χ4v) is 0.714. The lowest BCUT2D eigenvalue weighted by Crippen LogP contribution is -1.90. The lowest BCUT2D eigenvalue weighted by atomic mass is 10.9. The van der Waals surface area contributed by atoms with Crippen LogP contribution in [-0.2, 0) is 0 Å². The molecule has 1 aliphatic rings. The van der Waals surface area contributed by atoms with Gasteiger partial charge in [0, 0.05) is 6.20 Å². The minimum atomic E-state index is 1.01. The minimum absolute atomic E-state index is 1.01. The molecule has 1 heterocycles. The lowest BCUT2D eigenvalue weighted by molar-refractivity contribution is 1.20. The fraction of sp³-hybridized carbons (Fsp3) is 0. The SMILES string of the molecule is C=C1NC=CS1. The Morgan fingerprint density at radius 2 is 2.67 bits per heavy atom. The second-order valence-electron chi connectivity index (χ2n) is 0.988. The van der Waals surface area contributed by atoms with Gasteiger partial charge in [-0.25, -0.2) is 0 Å². The number of nitrogens with one attached hydrogen (secondary N) is 1. The third kappa shape index (κ3) is 0.571. The second-order valence-corrected chi connectivity index (χ2v) is 1.99. The molecular formula is C4H5NS. The van der Waals surface area contributed by atoms with E-state index in [1.54, 1.807) is 11.8 Å². The van der Waals surface area contributed by atoms with Gasteiger partial charge >= 0.3 is 0 Å². The van der Waals surface area contributed by atoms with Gasteiger partial charge in [-0.05, 0) is 5.41 Å². The summed E-state index contributed by atoms with van der Waals surface area (Å²) in [6, 6.07) is 0. The lowest BCUT2D eigenvalue weighted by Gasteiger charge is -1.85. The molecule has 0 unspecified atom stereocenters. The van der Waals surface area contributed by atoms with E-state index in [0.29, 0.717) is 0 Å². The van der Waals surface area contributed by atoms with Gasteiger partial charge in [-0.3, -0.25) is 0 Å². The van der Waals surface area contributed by atoms with Crippen molar-refractivity contribution in [1.82, 2.24) is 5.32 Å². The Morgan fingerprint density at radius 3 is 2.83 bits per heavy atom. The van der Waals surface area contributed by atoms with E-state index in [1.165, 1.54) is 0 Å². The van der Waals surface area contributed by atoms with Crippen molar-refractivity contribution < 1.29 is 0 Å². The van der Waals surface area contributed by atoms with Crippen LogP contribution in [0.25, 0.3) is 0 Å². The van der Waals surface area contributed by atoms with E-state index in [0.717, 1.165) is 5.03 Å². The van der Waals surface area contributed by atoms with Gasteiger partial charge in [0.15, 0.2) is 0 Å². The largest absolute Gasteiger partial charge is 0.356 e. The van der Waals surface area contributed by atoms with Crippen molar-refractivity contribution in [2.75, 3.05) is 0 Å². The maximum atomic E-state index is 3.64. The molecule has 32 valence electrons. The van der Waals surface area contributed by atoms with Crippen LogP contribution in [0, 0.1) is 0 Å². The Bertz CT molecular complexity index is 85.7. The molecule has 0 aliphatic carbocycles. The van der Waals surface area contributed by atoms with Gasteiger partial charge in [-0.2, -0.15) is 0 Å². The van der Waals surface area contributed by atoms with Crippen molar-refractivity contribution in [3.63, 3.8) is 0 Å². The molecule has 1 rings (SSSR count). The smallest absolute Gasteiger partial charge is 0.0691 e. The van der Waals surface area contributed by atoms with Crippen LogP contribution in [0.3, 0.4) is 0 Å². The molecular weight excluding hydrogens is 94.1 g/mol. The molecule has 6 heavy (non-hydrogen) atoms. The third-order valence-electron chi connectivity index (χ3n) is 0.523. The topological polar surface area (TPSA) is 12.0 Å². The molecule has 0 aromatic carbocycles. The molecule has 0 saturated carbocycles. The first-order valence-electron chi connectivity index (χ1n) is 1.67. The molecule has 0 fully saturated rings. The molecule has 0 radical (unpaired) electrons. The van der Waals surface area contributed by atoms with E-state index < -0.39 is 0 Å². The van der Waals surface area contributed by atoms with Crippen LogP contribution in [0.4, 0.5) is 0 Å². The van der Waals surface area contributed by atoms with Gasteiger partial charge in [0.1, 0.15) is 0 Å². The summed E-state index contributed by atoms with van der Waals surface area (Å²) >= 11 is 1.61. The van der Waals surface area contributed by atoms with Crippen LogP contribution < -0.4 is 5.32 Å². The summed E-state index contributed by atoms with van der Waals surface area (Å²) < 4.78 is 0. The average Bonchev–Trinajstić information content (AvgIpc) is 1.86. The van der Waals surface area contributed by atoms with Crippen LogP contribution in [0.5, 0.6) is 0 Å². The quantitative estimate of drug-likeness (QED) is 0.490. The molecule has 0 aromatic rings. The normalized spacial score (nSPS) is 18.3. The van der Waals surface area contributed by atoms with Crippen molar-refractivity contribution in [3.05, 3.63) is 23.2 Å². The van der Waals surface area contributed by atoms with E-state index in [-0.39, 0.29) is 0 Å². The molecule has 0 atom stereocenters. The number of hydrogen-bond acceptors (Lipinski definition) is 2. The zero-order valence-electron chi connectivity index (χ0n) is 3.27. The summed E-state index contributed by atoms with van der Waals surface area (Å²) in [5.41, 5.74) is 0. The molecule has 0 amide bonds. The Balaban J connectivity index is 2.52. The van der Waals surface area contributed by atoms with E-state index in [2.05, 4.69) is 11.9 Å². The van der Waals surface area contributed by atoms with E-state index in [1.807, 2.05) is 11.6 Å². The van der Waals surface area contributed by atoms with Crippen molar-refractivity contribution in [1.29, 1.82) is 0 Å². The first-order chi connectivity index (χ1) is 2.89. The summed E-state index contributed by atoms with van der Waals surface area (Å²) in [6.07, 6.45) is 1.87. The van der Waals surface area contributed by atoms with Crippen molar-refractivity contribution in [3.8, 4) is 0 Å². The predicted octanol–water partition coefficient (Wildman–Crippen LogP) is 1.27. The molecule has 1 nitrogen and oxygen atoms in total. The number of hydrogen-bond donors (Lipinski definition) is 1. The van der Waals surface area contributed by atoms with Crippen molar-refractivity contribution >= 4 is 11.8 Å². The molecule has 0 saturated heterocycles. The second kappa shape index (κ2) is 1.39. The monoisotopic (exact) mass is 99.0 g/mol. The third-order valence-corrected chi connectivity index (χ3v) is 1.20. The zero-order chi connectivity index (χ0) is 4.41. The van der Waals surface area contributed by atoms with Crippen LogP contribution in [0.1, 0.15) is 0 Å². The predicted molar refractivity (Wildman–Crippen MR) is 29.0 cm³/mol. The number of thioether (sulfide) groups is 1.